The Bertz CT molecular complexity index is 368. The lowest BCUT2D eigenvalue weighted by Gasteiger charge is -2.31. The van der Waals surface area contributed by atoms with Crippen LogP contribution in [-0.2, 0) is 11.2 Å². The molecule has 3 N–H and O–H groups in total. The first-order chi connectivity index (χ1) is 8.45. The van der Waals surface area contributed by atoms with Crippen LogP contribution in [0.4, 0.5) is 0 Å². The fourth-order valence-electron chi connectivity index (χ4n) is 2.18. The number of carbonyl (C=O) groups excluding carboxylic acids is 1. The van der Waals surface area contributed by atoms with Crippen LogP contribution in [0, 0.1) is 5.92 Å². The second-order valence-corrected chi connectivity index (χ2v) is 6.52. The summed E-state index contributed by atoms with van der Waals surface area (Å²) < 4.78 is 0. The zero-order valence-electron chi connectivity index (χ0n) is 11.9. The summed E-state index contributed by atoms with van der Waals surface area (Å²) in [7, 11) is 0. The van der Waals surface area contributed by atoms with E-state index in [1.54, 1.807) is 11.3 Å². The van der Waals surface area contributed by atoms with Gasteiger partial charge in [0, 0.05) is 23.4 Å². The molecule has 1 unspecified atom stereocenters. The van der Waals surface area contributed by atoms with Gasteiger partial charge >= 0.3 is 0 Å². The summed E-state index contributed by atoms with van der Waals surface area (Å²) in [4.78, 5) is 13.2. The number of nitrogens with one attached hydrogen (secondary N) is 1. The average molecular weight is 305 g/mol. The van der Waals surface area contributed by atoms with Crippen molar-refractivity contribution in [1.82, 2.24) is 5.32 Å². The van der Waals surface area contributed by atoms with E-state index in [0.717, 1.165) is 12.8 Å². The molecule has 3 nitrogen and oxygen atoms in total. The Morgan fingerprint density at radius 3 is 2.68 bits per heavy atom. The normalized spacial score (nSPS) is 13.7. The molecule has 0 aliphatic carbocycles. The van der Waals surface area contributed by atoms with E-state index in [4.69, 9.17) is 5.73 Å². The number of hydrogen-bond donors (Lipinski definition) is 2. The molecule has 110 valence electrons. The topological polar surface area (TPSA) is 55.1 Å². The number of aryl methyl sites for hydroxylation is 1. The number of rotatable bonds is 7. The van der Waals surface area contributed by atoms with Gasteiger partial charge in [0.05, 0.1) is 0 Å². The first kappa shape index (κ1) is 18.4. The second-order valence-electron chi connectivity index (χ2n) is 5.49. The molecule has 0 radical (unpaired) electrons. The zero-order chi connectivity index (χ0) is 13.6. The minimum atomic E-state index is -0.277. The molecular formula is C14H25ClN2OS. The standard InChI is InChI=1S/C14H24N2OS.ClH/c1-11(2)9-14(3,10-15)16-13(17)7-6-12-5-4-8-18-12;/h4-5,8,11H,6-7,9-10,15H2,1-3H3,(H,16,17);1H. The zero-order valence-corrected chi connectivity index (χ0v) is 13.6. The van der Waals surface area contributed by atoms with Crippen LogP contribution >= 0.6 is 23.7 Å². The summed E-state index contributed by atoms with van der Waals surface area (Å²) in [5.74, 6) is 0.619. The molecule has 0 aliphatic heterocycles. The van der Waals surface area contributed by atoms with Crippen LogP contribution in [0.1, 0.15) is 38.5 Å². The summed E-state index contributed by atoms with van der Waals surface area (Å²) in [6.07, 6.45) is 2.26. The van der Waals surface area contributed by atoms with Crippen LogP contribution in [-0.4, -0.2) is 18.0 Å². The highest BCUT2D eigenvalue weighted by molar-refractivity contribution is 7.09. The maximum absolute atomic E-state index is 11.9. The highest BCUT2D eigenvalue weighted by Gasteiger charge is 2.25. The molecular weight excluding hydrogens is 280 g/mol. The molecule has 0 aliphatic rings. The van der Waals surface area contributed by atoms with Crippen LogP contribution in [0.5, 0.6) is 0 Å². The average Bonchev–Trinajstić information content (AvgIpc) is 2.78. The second kappa shape index (κ2) is 8.56. The quantitative estimate of drug-likeness (QED) is 0.813. The minimum Gasteiger partial charge on any atom is -0.350 e. The van der Waals surface area contributed by atoms with E-state index >= 15 is 0 Å². The van der Waals surface area contributed by atoms with E-state index in [1.165, 1.54) is 4.88 Å². The summed E-state index contributed by atoms with van der Waals surface area (Å²) in [6.45, 7) is 6.80. The predicted molar refractivity (Wildman–Crippen MR) is 84.9 cm³/mol. The maximum Gasteiger partial charge on any atom is 0.220 e. The summed E-state index contributed by atoms with van der Waals surface area (Å²) in [5, 5.41) is 5.12. The number of carbonyl (C=O) groups is 1. The molecule has 1 heterocycles. The molecule has 1 aromatic heterocycles. The number of nitrogens with two attached hydrogens (primary N) is 1. The fourth-order valence-corrected chi connectivity index (χ4v) is 2.89. The molecule has 1 atom stereocenters. The highest BCUT2D eigenvalue weighted by atomic mass is 35.5. The van der Waals surface area contributed by atoms with Crippen LogP contribution in [0.2, 0.25) is 0 Å². The number of hydrogen-bond acceptors (Lipinski definition) is 3. The Labute approximate surface area is 126 Å². The molecule has 0 aromatic carbocycles. The van der Waals surface area contributed by atoms with E-state index in [2.05, 4.69) is 25.2 Å². The Kier molecular flexibility index (Phi) is 8.30. The molecule has 1 rings (SSSR count). The van der Waals surface area contributed by atoms with Gasteiger partial charge in [-0.1, -0.05) is 19.9 Å². The van der Waals surface area contributed by atoms with E-state index in [0.29, 0.717) is 18.9 Å². The number of amides is 1. The Morgan fingerprint density at radius 2 is 2.21 bits per heavy atom. The van der Waals surface area contributed by atoms with Crippen LogP contribution < -0.4 is 11.1 Å². The monoisotopic (exact) mass is 304 g/mol. The SMILES string of the molecule is CC(C)CC(C)(CN)NC(=O)CCc1cccs1.Cl. The summed E-state index contributed by atoms with van der Waals surface area (Å²) in [6, 6.07) is 4.08. The van der Waals surface area contributed by atoms with Gasteiger partial charge in [-0.05, 0) is 37.1 Å². The van der Waals surface area contributed by atoms with Crippen molar-refractivity contribution in [1.29, 1.82) is 0 Å². The Morgan fingerprint density at radius 1 is 1.53 bits per heavy atom. The van der Waals surface area contributed by atoms with E-state index < -0.39 is 0 Å². The van der Waals surface area contributed by atoms with Crippen molar-refractivity contribution >= 4 is 29.7 Å². The van der Waals surface area contributed by atoms with E-state index in [-0.39, 0.29) is 23.9 Å². The van der Waals surface area contributed by atoms with E-state index in [9.17, 15) is 4.79 Å². The van der Waals surface area contributed by atoms with Gasteiger partial charge in [-0.2, -0.15) is 0 Å². The lowest BCUT2D eigenvalue weighted by Crippen LogP contribution is -2.52. The molecule has 19 heavy (non-hydrogen) atoms. The Hall–Kier alpha value is -0.580. The summed E-state index contributed by atoms with van der Waals surface area (Å²) in [5.41, 5.74) is 5.50. The van der Waals surface area contributed by atoms with Crippen molar-refractivity contribution in [3.63, 3.8) is 0 Å². The van der Waals surface area contributed by atoms with Crippen LogP contribution in [0.15, 0.2) is 17.5 Å². The minimum absolute atomic E-state index is 0. The van der Waals surface area contributed by atoms with Gasteiger partial charge in [0.2, 0.25) is 5.91 Å². The maximum atomic E-state index is 11.9. The molecule has 0 saturated heterocycles. The number of halogens is 1. The van der Waals surface area contributed by atoms with Gasteiger partial charge in [0.15, 0.2) is 0 Å². The fraction of sp³-hybridized carbons (Fsp3) is 0.643. The lowest BCUT2D eigenvalue weighted by molar-refractivity contribution is -0.122. The van der Waals surface area contributed by atoms with Crippen molar-refractivity contribution in [2.24, 2.45) is 11.7 Å². The van der Waals surface area contributed by atoms with Crippen molar-refractivity contribution in [2.45, 2.75) is 45.6 Å². The Balaban J connectivity index is 0.00000324. The van der Waals surface area contributed by atoms with Crippen molar-refractivity contribution in [2.75, 3.05) is 6.54 Å². The van der Waals surface area contributed by atoms with Crippen molar-refractivity contribution in [3.05, 3.63) is 22.4 Å². The molecule has 0 spiro atoms. The molecule has 5 heteroatoms. The van der Waals surface area contributed by atoms with Gasteiger partial charge in [0.25, 0.3) is 0 Å². The summed E-state index contributed by atoms with van der Waals surface area (Å²) >= 11 is 1.69. The van der Waals surface area contributed by atoms with Gasteiger partial charge < -0.3 is 11.1 Å². The lowest BCUT2D eigenvalue weighted by atomic mass is 9.90. The molecule has 0 saturated carbocycles. The third-order valence-corrected chi connectivity index (χ3v) is 3.87. The van der Waals surface area contributed by atoms with Crippen LogP contribution in [0.3, 0.4) is 0 Å². The largest absolute Gasteiger partial charge is 0.350 e. The first-order valence-electron chi connectivity index (χ1n) is 6.48. The molecule has 1 aromatic rings. The van der Waals surface area contributed by atoms with Gasteiger partial charge in [-0.25, -0.2) is 0 Å². The third-order valence-electron chi connectivity index (χ3n) is 2.93. The van der Waals surface area contributed by atoms with Gasteiger partial charge in [0.1, 0.15) is 0 Å². The highest BCUT2D eigenvalue weighted by Crippen LogP contribution is 2.16. The third kappa shape index (κ3) is 6.95. The predicted octanol–water partition coefficient (Wildman–Crippen LogP) is 2.98. The van der Waals surface area contributed by atoms with Gasteiger partial charge in [-0.15, -0.1) is 23.7 Å². The van der Waals surface area contributed by atoms with E-state index in [1.807, 2.05) is 18.4 Å². The van der Waals surface area contributed by atoms with Crippen molar-refractivity contribution in [3.8, 4) is 0 Å². The molecule has 0 fully saturated rings. The molecule has 1 amide bonds. The first-order valence-corrected chi connectivity index (χ1v) is 7.36. The van der Waals surface area contributed by atoms with Crippen molar-refractivity contribution < 1.29 is 4.79 Å². The smallest absolute Gasteiger partial charge is 0.220 e. The van der Waals surface area contributed by atoms with Crippen LogP contribution in [0.25, 0.3) is 0 Å². The number of thiophene rings is 1. The molecule has 0 bridgehead atoms. The van der Waals surface area contributed by atoms with Gasteiger partial charge in [-0.3, -0.25) is 4.79 Å².